The van der Waals surface area contributed by atoms with Crippen LogP contribution < -0.4 is 10.5 Å². The summed E-state index contributed by atoms with van der Waals surface area (Å²) in [6.45, 7) is 1.23. The Balaban J connectivity index is 1.71. The second-order valence-corrected chi connectivity index (χ2v) is 10.1. The van der Waals surface area contributed by atoms with Gasteiger partial charge in [0.25, 0.3) is 5.56 Å². The fraction of sp³-hybridized carbons (Fsp3) is 0.458. The highest BCUT2D eigenvalue weighted by Crippen LogP contribution is 2.51. The molecular weight excluding hydrogens is 410 g/mol. The van der Waals surface area contributed by atoms with Gasteiger partial charge < -0.3 is 19.0 Å². The Bertz CT molecular complexity index is 1320. The molecule has 1 aliphatic heterocycles. The molecule has 2 aliphatic rings. The van der Waals surface area contributed by atoms with Crippen molar-refractivity contribution in [3.8, 4) is 11.1 Å². The van der Waals surface area contributed by atoms with E-state index >= 15 is 0 Å². The summed E-state index contributed by atoms with van der Waals surface area (Å²) in [4.78, 5) is 18.1. The number of hydrogen-bond acceptors (Lipinski definition) is 3. The van der Waals surface area contributed by atoms with Crippen LogP contribution in [0, 0.1) is 5.41 Å². The number of aryl methyl sites for hydroxylation is 1. The molecule has 1 spiro atoms. The first-order valence-electron chi connectivity index (χ1n) is 12.4. The molecule has 0 radical (unpaired) electrons. The van der Waals surface area contributed by atoms with Crippen molar-refractivity contribution in [1.29, 1.82) is 0 Å². The van der Waals surface area contributed by atoms with Gasteiger partial charge in [0.2, 0.25) is 0 Å². The second-order valence-electron chi connectivity index (χ2n) is 9.02. The third-order valence-electron chi connectivity index (χ3n) is 7.01. The first-order chi connectivity index (χ1) is 16.1. The molecule has 31 heavy (non-hydrogen) atoms. The number of pyridine rings is 1. The number of fused-ring (bicyclic) bond motifs is 1. The van der Waals surface area contributed by atoms with Crippen molar-refractivity contribution in [3.05, 3.63) is 52.6 Å². The first-order valence-corrected chi connectivity index (χ1v) is 12.0. The molecule has 1 saturated carbocycles. The van der Waals surface area contributed by atoms with Gasteiger partial charge in [0.1, 0.15) is 5.52 Å². The maximum Gasteiger partial charge on any atom is 0.274 e. The van der Waals surface area contributed by atoms with Crippen LogP contribution in [-0.4, -0.2) is 31.4 Å². The van der Waals surface area contributed by atoms with Crippen molar-refractivity contribution < 1.29 is 12.9 Å². The Morgan fingerprint density at radius 1 is 1.29 bits per heavy atom. The van der Waals surface area contributed by atoms with E-state index in [1.807, 2.05) is 25.1 Å². The molecule has 0 bridgehead atoms. The van der Waals surface area contributed by atoms with E-state index in [0.717, 1.165) is 40.9 Å². The van der Waals surface area contributed by atoms with Crippen LogP contribution >= 0.6 is 0 Å². The summed E-state index contributed by atoms with van der Waals surface area (Å²) in [5.74, 6) is 0. The van der Waals surface area contributed by atoms with E-state index < -0.39 is 28.9 Å². The summed E-state index contributed by atoms with van der Waals surface area (Å²) >= 11 is -2.04. The minimum atomic E-state index is -2.63. The molecule has 2 N–H and O–H groups in total. The Morgan fingerprint density at radius 2 is 2.10 bits per heavy atom. The Hall–Kier alpha value is -2.38. The van der Waals surface area contributed by atoms with E-state index in [2.05, 4.69) is 9.88 Å². The number of aromatic nitrogens is 2. The monoisotopic (exact) mass is 442 g/mol. The molecule has 1 saturated heterocycles. The summed E-state index contributed by atoms with van der Waals surface area (Å²) in [7, 11) is 0. The zero-order valence-electron chi connectivity index (χ0n) is 20.6. The molecule has 2 fully saturated rings. The molecule has 2 aromatic heterocycles. The maximum atomic E-state index is 12.9. The van der Waals surface area contributed by atoms with Crippen LogP contribution in [0.2, 0.25) is 0 Å². The molecule has 1 aromatic carbocycles. The Morgan fingerprint density at radius 3 is 2.74 bits per heavy atom. The van der Waals surface area contributed by atoms with E-state index in [0.29, 0.717) is 22.8 Å². The maximum absolute atomic E-state index is 12.9. The lowest BCUT2D eigenvalue weighted by molar-refractivity contribution is 0.0905. The molecule has 1 aliphatic carbocycles. The minimum Gasteiger partial charge on any atom is -0.370 e. The zero-order chi connectivity index (χ0) is 24.3. The van der Waals surface area contributed by atoms with Crippen molar-refractivity contribution in [3.63, 3.8) is 0 Å². The third kappa shape index (κ3) is 3.34. The van der Waals surface area contributed by atoms with Gasteiger partial charge in [-0.2, -0.15) is 0 Å². The Labute approximate surface area is 188 Å². The van der Waals surface area contributed by atoms with E-state index in [4.69, 9.17) is 4.11 Å². The second kappa shape index (κ2) is 7.64. The number of nitrogens with zero attached hydrogens (tertiary/aromatic N) is 2. The highest BCUT2D eigenvalue weighted by atomic mass is 32.2. The van der Waals surface area contributed by atoms with Crippen LogP contribution in [0.15, 0.2) is 41.5 Å². The van der Waals surface area contributed by atoms with Gasteiger partial charge in [-0.05, 0) is 43.0 Å². The molecule has 164 valence electrons. The van der Waals surface area contributed by atoms with E-state index in [1.54, 1.807) is 12.3 Å². The number of benzene rings is 1. The number of H-pyrrole nitrogens is 1. The lowest BCUT2D eigenvalue weighted by Crippen LogP contribution is -2.60. The average Bonchev–Trinajstić information content (AvgIpc) is 3.20. The lowest BCUT2D eigenvalue weighted by Gasteiger charge is -2.57. The molecule has 5 rings (SSSR count). The summed E-state index contributed by atoms with van der Waals surface area (Å²) < 4.78 is 46.6. The summed E-state index contributed by atoms with van der Waals surface area (Å²) in [5.41, 5.74) is 3.11. The van der Waals surface area contributed by atoms with Gasteiger partial charge in [-0.15, -0.1) is 0 Å². The number of nitrogens with one attached hydrogen (secondary N) is 1. The number of hydrogen-bond donors (Lipinski definition) is 2. The van der Waals surface area contributed by atoms with Crippen LogP contribution in [0.1, 0.15) is 54.0 Å². The number of aromatic amines is 1. The van der Waals surface area contributed by atoms with Crippen LogP contribution in [0.4, 0.5) is 5.69 Å². The number of rotatable bonds is 6. The van der Waals surface area contributed by atoms with Crippen molar-refractivity contribution in [2.75, 3.05) is 18.0 Å². The number of anilines is 1. The lowest BCUT2D eigenvalue weighted by atomic mass is 9.63. The molecule has 6 nitrogen and oxygen atoms in total. The highest BCUT2D eigenvalue weighted by molar-refractivity contribution is 7.79. The van der Waals surface area contributed by atoms with Crippen molar-refractivity contribution in [2.24, 2.45) is 12.4 Å². The first kappa shape index (κ1) is 17.2. The van der Waals surface area contributed by atoms with E-state index in [9.17, 15) is 13.6 Å². The average molecular weight is 443 g/mol. The molecule has 2 atom stereocenters. The van der Waals surface area contributed by atoms with Gasteiger partial charge in [-0.3, -0.25) is 4.79 Å². The zero-order valence-corrected chi connectivity index (χ0v) is 18.4. The van der Waals surface area contributed by atoms with Gasteiger partial charge in [0, 0.05) is 64.2 Å². The standard InChI is InChI=1S/C24H29N3O3S/c1-3-5-21(31(29)30)16-6-7-20(27-14-24(15-27)9-4-10-24)18(12-16)19-13-26(2)23(28)22-17(19)8-11-25-22/h6-8,11-13,21,25H,3-5,9-10,14-15H2,1-2H3,(H,29,30)/i2D3. The molecular formula is C24H29N3O3S. The summed E-state index contributed by atoms with van der Waals surface area (Å²) in [6, 6.07) is 7.58. The van der Waals surface area contributed by atoms with Crippen molar-refractivity contribution in [2.45, 2.75) is 44.3 Å². The largest absolute Gasteiger partial charge is 0.370 e. The van der Waals surface area contributed by atoms with Gasteiger partial charge in [-0.1, -0.05) is 25.8 Å². The highest BCUT2D eigenvalue weighted by Gasteiger charge is 2.47. The third-order valence-corrected chi connectivity index (χ3v) is 8.01. The summed E-state index contributed by atoms with van der Waals surface area (Å²) in [6.07, 6.45) is 8.08. The van der Waals surface area contributed by atoms with Crippen LogP contribution in [0.5, 0.6) is 0 Å². The SMILES string of the molecule is [2H]C([2H])([2H])n1cc(-c2cc(C(CCC)S(=O)O)ccc2N2CC3(CCC3)C2)c2cc[nH]c2c1=O. The fourth-order valence-corrected chi connectivity index (χ4v) is 6.00. The predicted molar refractivity (Wildman–Crippen MR) is 126 cm³/mol. The summed E-state index contributed by atoms with van der Waals surface area (Å²) in [5, 5.41) is 0.0994. The normalized spacial score (nSPS) is 21.1. The van der Waals surface area contributed by atoms with Gasteiger partial charge in [-0.25, -0.2) is 4.21 Å². The molecule has 2 unspecified atom stereocenters. The predicted octanol–water partition coefficient (Wildman–Crippen LogP) is 4.59. The van der Waals surface area contributed by atoms with Crippen molar-refractivity contribution >= 4 is 27.7 Å². The van der Waals surface area contributed by atoms with Gasteiger partial charge in [0.05, 0.1) is 5.25 Å². The van der Waals surface area contributed by atoms with Gasteiger partial charge in [0.15, 0.2) is 11.1 Å². The molecule has 7 heteroatoms. The topological polar surface area (TPSA) is 78.3 Å². The smallest absolute Gasteiger partial charge is 0.274 e. The van der Waals surface area contributed by atoms with Crippen molar-refractivity contribution in [1.82, 2.24) is 9.55 Å². The van der Waals surface area contributed by atoms with Gasteiger partial charge >= 0.3 is 0 Å². The fourth-order valence-electron chi connectivity index (χ4n) is 5.18. The van der Waals surface area contributed by atoms with Crippen LogP contribution in [0.3, 0.4) is 0 Å². The van der Waals surface area contributed by atoms with E-state index in [1.165, 1.54) is 25.5 Å². The molecule has 3 aromatic rings. The minimum absolute atomic E-state index is 0.236. The van der Waals surface area contributed by atoms with Crippen LogP contribution in [0.25, 0.3) is 22.0 Å². The molecule has 0 amide bonds. The molecule has 3 heterocycles. The van der Waals surface area contributed by atoms with E-state index in [-0.39, 0.29) is 5.52 Å². The van der Waals surface area contributed by atoms with Crippen LogP contribution in [-0.2, 0) is 18.1 Å². The Kier molecular flexibility index (Phi) is 4.24. The quantitative estimate of drug-likeness (QED) is 0.548.